The molecule has 1 aromatic carbocycles. The summed E-state index contributed by atoms with van der Waals surface area (Å²) in [7, 11) is -3.83. The first kappa shape index (κ1) is 28.4. The Hall–Kier alpha value is -2.60. The normalized spacial score (nSPS) is 15.4. The molecule has 11 heteroatoms. The van der Waals surface area contributed by atoms with Crippen LogP contribution in [0.15, 0.2) is 46.3 Å². The highest BCUT2D eigenvalue weighted by atomic mass is 32.2. The smallest absolute Gasteiger partial charge is 0.263 e. The number of piperidine rings is 1. The van der Waals surface area contributed by atoms with Gasteiger partial charge in [0.1, 0.15) is 16.3 Å². The van der Waals surface area contributed by atoms with Gasteiger partial charge in [-0.15, -0.1) is 11.3 Å². The van der Waals surface area contributed by atoms with Crippen molar-refractivity contribution in [2.45, 2.75) is 58.0 Å². The zero-order valence-corrected chi connectivity index (χ0v) is 24.0. The second-order valence-corrected chi connectivity index (χ2v) is 13.1. The van der Waals surface area contributed by atoms with Gasteiger partial charge in [-0.3, -0.25) is 19.1 Å². The van der Waals surface area contributed by atoms with E-state index in [4.69, 9.17) is 0 Å². The number of hydrogen-bond donors (Lipinski definition) is 1. The summed E-state index contributed by atoms with van der Waals surface area (Å²) in [6, 6.07) is 10.3. The van der Waals surface area contributed by atoms with E-state index >= 15 is 0 Å². The molecular formula is C27H37N5O4S2. The van der Waals surface area contributed by atoms with Crippen molar-refractivity contribution in [1.29, 1.82) is 0 Å². The van der Waals surface area contributed by atoms with E-state index in [1.165, 1.54) is 32.1 Å². The van der Waals surface area contributed by atoms with Gasteiger partial charge in [-0.05, 0) is 44.2 Å². The van der Waals surface area contributed by atoms with E-state index in [0.29, 0.717) is 35.3 Å². The minimum absolute atomic E-state index is 0.0392. The van der Waals surface area contributed by atoms with Gasteiger partial charge in [0.05, 0.1) is 11.7 Å². The van der Waals surface area contributed by atoms with Gasteiger partial charge in [-0.2, -0.15) is 4.31 Å². The van der Waals surface area contributed by atoms with Crippen molar-refractivity contribution >= 4 is 37.5 Å². The van der Waals surface area contributed by atoms with Crippen molar-refractivity contribution in [3.05, 3.63) is 57.5 Å². The summed E-state index contributed by atoms with van der Waals surface area (Å²) >= 11 is 1.20. The molecule has 3 heterocycles. The van der Waals surface area contributed by atoms with Crippen LogP contribution in [0.3, 0.4) is 0 Å². The summed E-state index contributed by atoms with van der Waals surface area (Å²) in [5.41, 5.74) is 0.749. The minimum atomic E-state index is -3.83. The SMILES string of the molecule is CCN(CCCNC(=O)Cn1cnc2sc(C)c(S(=O)(=O)N3CCC(C)CC3)c2c1=O)Cc1ccccc1. The summed E-state index contributed by atoms with van der Waals surface area (Å²) in [4.78, 5) is 33.6. The van der Waals surface area contributed by atoms with Gasteiger partial charge >= 0.3 is 0 Å². The lowest BCUT2D eigenvalue weighted by molar-refractivity contribution is -0.121. The number of benzene rings is 1. The van der Waals surface area contributed by atoms with Gasteiger partial charge in [0.25, 0.3) is 5.56 Å². The molecule has 206 valence electrons. The summed E-state index contributed by atoms with van der Waals surface area (Å²) < 4.78 is 29.7. The zero-order valence-electron chi connectivity index (χ0n) is 22.4. The highest BCUT2D eigenvalue weighted by molar-refractivity contribution is 7.89. The molecule has 0 saturated carbocycles. The van der Waals surface area contributed by atoms with Gasteiger partial charge < -0.3 is 5.32 Å². The number of nitrogens with one attached hydrogen (secondary N) is 1. The van der Waals surface area contributed by atoms with Crippen molar-refractivity contribution in [3.63, 3.8) is 0 Å². The Labute approximate surface area is 228 Å². The first-order valence-electron chi connectivity index (χ1n) is 13.2. The molecular weight excluding hydrogens is 522 g/mol. The maximum atomic E-state index is 13.5. The molecule has 1 N–H and O–H groups in total. The summed E-state index contributed by atoms with van der Waals surface area (Å²) in [5.74, 6) is 0.175. The number of sulfonamides is 1. The third-order valence-electron chi connectivity index (χ3n) is 7.12. The molecule has 0 unspecified atom stereocenters. The monoisotopic (exact) mass is 559 g/mol. The molecule has 0 aliphatic carbocycles. The molecule has 1 saturated heterocycles. The quantitative estimate of drug-likeness (QED) is 0.362. The molecule has 0 spiro atoms. The van der Waals surface area contributed by atoms with Crippen LogP contribution in [-0.2, 0) is 27.9 Å². The topological polar surface area (TPSA) is 105 Å². The Morgan fingerprint density at radius 3 is 2.61 bits per heavy atom. The lowest BCUT2D eigenvalue weighted by atomic mass is 10.0. The fraction of sp³-hybridized carbons (Fsp3) is 0.519. The minimum Gasteiger partial charge on any atom is -0.354 e. The van der Waals surface area contributed by atoms with Gasteiger partial charge in [-0.25, -0.2) is 13.4 Å². The number of carbonyl (C=O) groups excluding carboxylic acids is 1. The van der Waals surface area contributed by atoms with E-state index in [-0.39, 0.29) is 22.7 Å². The number of rotatable bonds is 11. The molecule has 1 aliphatic rings. The predicted molar refractivity (Wildman–Crippen MR) is 151 cm³/mol. The molecule has 38 heavy (non-hydrogen) atoms. The second kappa shape index (κ2) is 12.5. The Morgan fingerprint density at radius 2 is 1.92 bits per heavy atom. The molecule has 0 radical (unpaired) electrons. The molecule has 1 amide bonds. The van der Waals surface area contributed by atoms with E-state index < -0.39 is 15.6 Å². The van der Waals surface area contributed by atoms with Crippen molar-refractivity contribution < 1.29 is 13.2 Å². The van der Waals surface area contributed by atoms with Gasteiger partial charge in [0, 0.05) is 37.6 Å². The summed E-state index contributed by atoms with van der Waals surface area (Å²) in [6.45, 7) is 9.70. The highest BCUT2D eigenvalue weighted by Crippen LogP contribution is 2.34. The summed E-state index contributed by atoms with van der Waals surface area (Å²) in [6.07, 6.45) is 3.70. The predicted octanol–water partition coefficient (Wildman–Crippen LogP) is 3.22. The Balaban J connectivity index is 1.40. The number of thiophene rings is 1. The lowest BCUT2D eigenvalue weighted by Crippen LogP contribution is -2.38. The third-order valence-corrected chi connectivity index (χ3v) is 10.3. The van der Waals surface area contributed by atoms with Crippen molar-refractivity contribution in [2.24, 2.45) is 5.92 Å². The number of nitrogens with zero attached hydrogens (tertiary/aromatic N) is 4. The van der Waals surface area contributed by atoms with Gasteiger partial charge in [0.2, 0.25) is 15.9 Å². The molecule has 2 aromatic heterocycles. The van der Waals surface area contributed by atoms with Crippen LogP contribution in [0.4, 0.5) is 0 Å². The molecule has 0 atom stereocenters. The average molecular weight is 560 g/mol. The maximum Gasteiger partial charge on any atom is 0.263 e. The van der Waals surface area contributed by atoms with Crippen LogP contribution in [0.25, 0.3) is 10.2 Å². The Morgan fingerprint density at radius 1 is 1.21 bits per heavy atom. The average Bonchev–Trinajstić information content (AvgIpc) is 3.26. The van der Waals surface area contributed by atoms with Crippen molar-refractivity contribution in [1.82, 2.24) is 24.1 Å². The number of carbonyl (C=O) groups is 1. The number of aromatic nitrogens is 2. The number of fused-ring (bicyclic) bond motifs is 1. The molecule has 0 bridgehead atoms. The van der Waals surface area contributed by atoms with E-state index in [1.54, 1.807) is 6.92 Å². The van der Waals surface area contributed by atoms with Crippen LogP contribution in [-0.4, -0.2) is 65.8 Å². The van der Waals surface area contributed by atoms with E-state index in [9.17, 15) is 18.0 Å². The van der Waals surface area contributed by atoms with Crippen LogP contribution >= 0.6 is 11.3 Å². The van der Waals surface area contributed by atoms with Gasteiger partial charge in [-0.1, -0.05) is 44.2 Å². The van der Waals surface area contributed by atoms with E-state index in [2.05, 4.69) is 41.2 Å². The fourth-order valence-electron chi connectivity index (χ4n) is 4.82. The fourth-order valence-corrected chi connectivity index (χ4v) is 7.96. The Kier molecular flexibility index (Phi) is 9.35. The highest BCUT2D eigenvalue weighted by Gasteiger charge is 2.33. The van der Waals surface area contributed by atoms with Crippen LogP contribution in [0.2, 0.25) is 0 Å². The second-order valence-electron chi connectivity index (χ2n) is 9.99. The number of amides is 1. The molecule has 1 fully saturated rings. The molecule has 3 aromatic rings. The van der Waals surface area contributed by atoms with Crippen molar-refractivity contribution in [3.8, 4) is 0 Å². The zero-order chi connectivity index (χ0) is 27.3. The van der Waals surface area contributed by atoms with E-state index in [0.717, 1.165) is 38.9 Å². The van der Waals surface area contributed by atoms with E-state index in [1.807, 2.05) is 18.2 Å². The molecule has 4 rings (SSSR count). The van der Waals surface area contributed by atoms with Crippen LogP contribution in [0.1, 0.15) is 43.6 Å². The van der Waals surface area contributed by atoms with Gasteiger partial charge in [0.15, 0.2) is 0 Å². The molecule has 1 aliphatic heterocycles. The lowest BCUT2D eigenvalue weighted by Gasteiger charge is -2.29. The van der Waals surface area contributed by atoms with Crippen LogP contribution in [0, 0.1) is 12.8 Å². The number of aryl methyl sites for hydroxylation is 1. The number of hydrogen-bond acceptors (Lipinski definition) is 7. The summed E-state index contributed by atoms with van der Waals surface area (Å²) in [5, 5.41) is 2.96. The van der Waals surface area contributed by atoms with Crippen LogP contribution < -0.4 is 10.9 Å². The largest absolute Gasteiger partial charge is 0.354 e. The van der Waals surface area contributed by atoms with Crippen molar-refractivity contribution in [2.75, 3.05) is 32.7 Å². The standard InChI is InChI=1S/C27H37N5O4S2/c1-4-30(17-22-9-6-5-7-10-22)14-8-13-28-23(33)18-31-19-29-26-24(27(31)34)25(21(3)37-26)38(35,36)32-15-11-20(2)12-16-32/h5-7,9-10,19-20H,4,8,11-18H2,1-3H3,(H,28,33). The third kappa shape index (κ3) is 6.51. The van der Waals surface area contributed by atoms with Crippen LogP contribution in [0.5, 0.6) is 0 Å². The Bertz CT molecular complexity index is 1410. The molecule has 9 nitrogen and oxygen atoms in total. The first-order chi connectivity index (χ1) is 18.2. The first-order valence-corrected chi connectivity index (χ1v) is 15.5. The maximum absolute atomic E-state index is 13.5.